The van der Waals surface area contributed by atoms with Crippen LogP contribution in [-0.4, -0.2) is 26.3 Å². The zero-order valence-corrected chi connectivity index (χ0v) is 18.5. The number of rotatable bonds is 6. The summed E-state index contributed by atoms with van der Waals surface area (Å²) in [6.07, 6.45) is 1.59. The lowest BCUT2D eigenvalue weighted by atomic mass is 9.95. The van der Waals surface area contributed by atoms with E-state index < -0.39 is 21.3 Å². The van der Waals surface area contributed by atoms with Gasteiger partial charge in [0.2, 0.25) is 15.9 Å². The number of sulfonamides is 1. The fraction of sp³-hybridized carbons (Fsp3) is 0.333. The van der Waals surface area contributed by atoms with E-state index in [2.05, 4.69) is 15.4 Å². The van der Waals surface area contributed by atoms with Crippen molar-refractivity contribution in [1.29, 1.82) is 0 Å². The summed E-state index contributed by atoms with van der Waals surface area (Å²) < 4.78 is 27.5. The van der Waals surface area contributed by atoms with Gasteiger partial charge in [0.25, 0.3) is 5.91 Å². The fourth-order valence-electron chi connectivity index (χ4n) is 2.49. The third kappa shape index (κ3) is 5.59. The predicted octanol–water partition coefficient (Wildman–Crippen LogP) is 4.02. The monoisotopic (exact) mass is 449 g/mol. The van der Waals surface area contributed by atoms with Crippen molar-refractivity contribution in [3.8, 4) is 0 Å². The third-order valence-corrected chi connectivity index (χ3v) is 6.47. The lowest BCUT2D eigenvalue weighted by molar-refractivity contribution is -0.123. The fourth-order valence-corrected chi connectivity index (χ4v) is 4.32. The molecule has 1 aliphatic carbocycles. The van der Waals surface area contributed by atoms with Crippen LogP contribution in [0.15, 0.2) is 47.4 Å². The van der Waals surface area contributed by atoms with Gasteiger partial charge in [-0.25, -0.2) is 13.1 Å². The van der Waals surface area contributed by atoms with Gasteiger partial charge in [-0.05, 0) is 55.3 Å². The van der Waals surface area contributed by atoms with Gasteiger partial charge >= 0.3 is 0 Å². The molecule has 1 saturated carbocycles. The minimum atomic E-state index is -3.79. The maximum atomic E-state index is 12.6. The van der Waals surface area contributed by atoms with Gasteiger partial charge in [-0.2, -0.15) is 0 Å². The number of hydrogen-bond donors (Lipinski definition) is 3. The van der Waals surface area contributed by atoms with E-state index in [0.717, 1.165) is 12.8 Å². The first-order chi connectivity index (χ1) is 14.0. The highest BCUT2D eigenvalue weighted by Crippen LogP contribution is 2.27. The van der Waals surface area contributed by atoms with Crippen LogP contribution >= 0.6 is 11.6 Å². The second-order valence-corrected chi connectivity index (χ2v) is 10.4. The lowest BCUT2D eigenvalue weighted by Gasteiger charge is -2.17. The normalized spacial score (nSPS) is 14.3. The van der Waals surface area contributed by atoms with E-state index in [1.54, 1.807) is 24.3 Å². The van der Waals surface area contributed by atoms with Crippen molar-refractivity contribution in [2.24, 2.45) is 5.41 Å². The molecule has 0 atom stereocenters. The van der Waals surface area contributed by atoms with Gasteiger partial charge in [0.1, 0.15) is 4.90 Å². The highest BCUT2D eigenvalue weighted by atomic mass is 35.5. The largest absolute Gasteiger partial charge is 0.326 e. The minimum Gasteiger partial charge on any atom is -0.326 e. The molecule has 1 aliphatic rings. The maximum Gasteiger partial charge on any atom is 0.255 e. The maximum absolute atomic E-state index is 12.6. The Labute approximate surface area is 181 Å². The number of amides is 2. The predicted molar refractivity (Wildman–Crippen MR) is 117 cm³/mol. The highest BCUT2D eigenvalue weighted by molar-refractivity contribution is 7.89. The van der Waals surface area contributed by atoms with Crippen molar-refractivity contribution >= 4 is 44.8 Å². The average molecular weight is 450 g/mol. The Hall–Kier alpha value is -2.42. The van der Waals surface area contributed by atoms with E-state index in [1.807, 2.05) is 20.8 Å². The minimum absolute atomic E-state index is 0.0543. The van der Waals surface area contributed by atoms with Crippen molar-refractivity contribution in [3.05, 3.63) is 53.1 Å². The number of carbonyl (C=O) groups is 2. The zero-order chi connectivity index (χ0) is 22.1. The van der Waals surface area contributed by atoms with Crippen LogP contribution in [-0.2, 0) is 14.8 Å². The van der Waals surface area contributed by atoms with E-state index in [4.69, 9.17) is 11.6 Å². The molecule has 2 amide bonds. The number of hydrogen-bond acceptors (Lipinski definition) is 4. The van der Waals surface area contributed by atoms with Gasteiger partial charge < -0.3 is 10.6 Å². The molecule has 160 valence electrons. The van der Waals surface area contributed by atoms with Crippen LogP contribution in [0.5, 0.6) is 0 Å². The Morgan fingerprint density at radius 1 is 0.967 bits per heavy atom. The molecule has 0 radical (unpaired) electrons. The van der Waals surface area contributed by atoms with E-state index in [0.29, 0.717) is 11.4 Å². The van der Waals surface area contributed by atoms with Crippen LogP contribution in [0.1, 0.15) is 44.0 Å². The summed E-state index contributed by atoms with van der Waals surface area (Å²) in [6.45, 7) is 5.45. The molecule has 3 rings (SSSR count). The third-order valence-electron chi connectivity index (χ3n) is 4.46. The number of anilines is 2. The molecule has 30 heavy (non-hydrogen) atoms. The molecule has 3 N–H and O–H groups in total. The van der Waals surface area contributed by atoms with Crippen molar-refractivity contribution in [2.45, 2.75) is 44.6 Å². The summed E-state index contributed by atoms with van der Waals surface area (Å²) >= 11 is 6.06. The van der Waals surface area contributed by atoms with Crippen molar-refractivity contribution in [2.75, 3.05) is 10.6 Å². The Kier molecular flexibility index (Phi) is 6.21. The standard InChI is InChI=1S/C21H24ClN3O4S/c1-21(2,3)20(27)24-15-7-5-14(6-8-15)23-19(26)13-4-11-17(22)18(12-13)30(28,29)25-16-9-10-16/h4-8,11-12,16,25H,9-10H2,1-3H3,(H,23,26)(H,24,27). The first-order valence-corrected chi connectivity index (χ1v) is 11.4. The molecule has 2 aromatic rings. The van der Waals surface area contributed by atoms with Gasteiger partial charge in [-0.1, -0.05) is 32.4 Å². The molecule has 1 fully saturated rings. The second kappa shape index (κ2) is 8.37. The molecular weight excluding hydrogens is 426 g/mol. The Balaban J connectivity index is 1.71. The SMILES string of the molecule is CC(C)(C)C(=O)Nc1ccc(NC(=O)c2ccc(Cl)c(S(=O)(=O)NC3CC3)c2)cc1. The van der Waals surface area contributed by atoms with Gasteiger partial charge in [0.15, 0.2) is 0 Å². The number of halogens is 1. The van der Waals surface area contributed by atoms with Gasteiger partial charge in [-0.3, -0.25) is 9.59 Å². The Morgan fingerprint density at radius 2 is 1.53 bits per heavy atom. The number of carbonyl (C=O) groups excluding carboxylic acids is 2. The molecule has 0 aliphatic heterocycles. The van der Waals surface area contributed by atoms with E-state index >= 15 is 0 Å². The van der Waals surface area contributed by atoms with Crippen LogP contribution in [0.2, 0.25) is 5.02 Å². The van der Waals surface area contributed by atoms with Gasteiger partial charge in [0.05, 0.1) is 5.02 Å². The van der Waals surface area contributed by atoms with Crippen molar-refractivity contribution in [1.82, 2.24) is 4.72 Å². The molecular formula is C21H24ClN3O4S. The molecule has 0 aromatic heterocycles. The topological polar surface area (TPSA) is 104 Å². The molecule has 0 bridgehead atoms. The summed E-state index contributed by atoms with van der Waals surface area (Å²) in [4.78, 5) is 24.5. The quantitative estimate of drug-likeness (QED) is 0.619. The summed E-state index contributed by atoms with van der Waals surface area (Å²) in [5.41, 5.74) is 0.761. The summed E-state index contributed by atoms with van der Waals surface area (Å²) in [6, 6.07) is 10.7. The smallest absolute Gasteiger partial charge is 0.255 e. The molecule has 0 spiro atoms. The van der Waals surface area contributed by atoms with Crippen LogP contribution in [0, 0.1) is 5.41 Å². The van der Waals surface area contributed by atoms with Crippen LogP contribution < -0.4 is 15.4 Å². The van der Waals surface area contributed by atoms with E-state index in [9.17, 15) is 18.0 Å². The first-order valence-electron chi connectivity index (χ1n) is 9.50. The Morgan fingerprint density at radius 3 is 2.07 bits per heavy atom. The zero-order valence-electron chi connectivity index (χ0n) is 17.0. The molecule has 0 saturated heterocycles. The molecule has 2 aromatic carbocycles. The summed E-state index contributed by atoms with van der Waals surface area (Å²) in [7, 11) is -3.79. The molecule has 0 unspecified atom stereocenters. The second-order valence-electron chi connectivity index (χ2n) is 8.28. The molecule has 9 heteroatoms. The van der Waals surface area contributed by atoms with Gasteiger partial charge in [0, 0.05) is 28.4 Å². The van der Waals surface area contributed by atoms with E-state index in [-0.39, 0.29) is 27.4 Å². The van der Waals surface area contributed by atoms with Crippen LogP contribution in [0.4, 0.5) is 11.4 Å². The number of benzene rings is 2. The molecule has 7 nitrogen and oxygen atoms in total. The van der Waals surface area contributed by atoms with Crippen molar-refractivity contribution < 1.29 is 18.0 Å². The summed E-state index contributed by atoms with van der Waals surface area (Å²) in [5, 5.41) is 5.57. The average Bonchev–Trinajstić information content (AvgIpc) is 3.46. The van der Waals surface area contributed by atoms with E-state index in [1.165, 1.54) is 18.2 Å². The first kappa shape index (κ1) is 22.3. The summed E-state index contributed by atoms with van der Waals surface area (Å²) in [5.74, 6) is -0.588. The Bertz CT molecular complexity index is 1070. The molecule has 0 heterocycles. The number of nitrogens with one attached hydrogen (secondary N) is 3. The van der Waals surface area contributed by atoms with Crippen LogP contribution in [0.25, 0.3) is 0 Å². The van der Waals surface area contributed by atoms with Crippen molar-refractivity contribution in [3.63, 3.8) is 0 Å². The lowest BCUT2D eigenvalue weighted by Crippen LogP contribution is -2.27. The van der Waals surface area contributed by atoms with Gasteiger partial charge in [-0.15, -0.1) is 0 Å². The van der Waals surface area contributed by atoms with Crippen LogP contribution in [0.3, 0.4) is 0 Å². The highest BCUT2D eigenvalue weighted by Gasteiger charge is 2.29.